The van der Waals surface area contributed by atoms with Crippen molar-refractivity contribution in [1.29, 1.82) is 0 Å². The van der Waals surface area contributed by atoms with Gasteiger partial charge in [0.25, 0.3) is 0 Å². The van der Waals surface area contributed by atoms with Crippen LogP contribution in [0.15, 0.2) is 30.6 Å². The summed E-state index contributed by atoms with van der Waals surface area (Å²) >= 11 is 0. The summed E-state index contributed by atoms with van der Waals surface area (Å²) in [5.41, 5.74) is 0.955. The Morgan fingerprint density at radius 1 is 1.11 bits per heavy atom. The summed E-state index contributed by atoms with van der Waals surface area (Å²) in [6, 6.07) is 7.97. The number of aromatic nitrogens is 2. The Kier molecular flexibility index (Phi) is 5.52. The van der Waals surface area contributed by atoms with Crippen molar-refractivity contribution in [2.24, 2.45) is 0 Å². The van der Waals surface area contributed by atoms with E-state index in [-0.39, 0.29) is 0 Å². The molecule has 5 heteroatoms. The molecule has 2 aromatic rings. The van der Waals surface area contributed by atoms with Crippen LogP contribution < -0.4 is 5.32 Å². The number of nitrogens with one attached hydrogen (secondary N) is 1. The maximum Gasteiger partial charge on any atom is 0.137 e. The first-order chi connectivity index (χ1) is 9.42. The second kappa shape index (κ2) is 7.66. The second-order valence-electron chi connectivity index (χ2n) is 4.12. The monoisotopic (exact) mass is 261 g/mol. The molecule has 0 aliphatic heterocycles. The second-order valence-corrected chi connectivity index (χ2v) is 4.12. The first kappa shape index (κ1) is 13.7. The lowest BCUT2D eigenvalue weighted by atomic mass is 10.2. The maximum atomic E-state index is 5.40. The summed E-state index contributed by atoms with van der Waals surface area (Å²) in [6.45, 7) is 2.84. The third kappa shape index (κ3) is 4.15. The van der Waals surface area contributed by atoms with E-state index in [2.05, 4.69) is 15.3 Å². The van der Waals surface area contributed by atoms with Gasteiger partial charge in [-0.05, 0) is 18.6 Å². The van der Waals surface area contributed by atoms with Crippen LogP contribution in [0, 0.1) is 0 Å². The van der Waals surface area contributed by atoms with Gasteiger partial charge >= 0.3 is 0 Å². The standard InChI is InChI=1S/C14H19N3O2/c1-18-9-10-19-8-4-7-15-14-12-5-2-3-6-13(12)16-11-17-14/h2-3,5-6,11H,4,7-10H2,1H3,(H,15,16,17). The number of para-hydroxylation sites is 1. The summed E-state index contributed by atoms with van der Waals surface area (Å²) < 4.78 is 10.3. The number of fused-ring (bicyclic) bond motifs is 1. The Hall–Kier alpha value is -1.72. The first-order valence-electron chi connectivity index (χ1n) is 6.42. The number of benzene rings is 1. The van der Waals surface area contributed by atoms with Crippen molar-refractivity contribution in [3.05, 3.63) is 30.6 Å². The van der Waals surface area contributed by atoms with Crippen molar-refractivity contribution in [2.75, 3.05) is 38.8 Å². The molecule has 1 aromatic heterocycles. The van der Waals surface area contributed by atoms with E-state index in [1.54, 1.807) is 13.4 Å². The number of hydrogen-bond acceptors (Lipinski definition) is 5. The van der Waals surface area contributed by atoms with Gasteiger partial charge in [0.1, 0.15) is 12.1 Å². The molecule has 2 rings (SSSR count). The molecule has 0 spiro atoms. The van der Waals surface area contributed by atoms with E-state index in [0.29, 0.717) is 13.2 Å². The van der Waals surface area contributed by atoms with Crippen LogP contribution in [0.5, 0.6) is 0 Å². The number of rotatable bonds is 8. The average Bonchev–Trinajstić information content (AvgIpc) is 2.46. The number of nitrogens with zero attached hydrogens (tertiary/aromatic N) is 2. The lowest BCUT2D eigenvalue weighted by molar-refractivity contribution is 0.0705. The molecule has 1 heterocycles. The van der Waals surface area contributed by atoms with Gasteiger partial charge in [-0.3, -0.25) is 0 Å². The van der Waals surface area contributed by atoms with Crippen LogP contribution in [-0.4, -0.2) is 43.4 Å². The van der Waals surface area contributed by atoms with Gasteiger partial charge in [-0.1, -0.05) is 12.1 Å². The van der Waals surface area contributed by atoms with Crippen LogP contribution in [-0.2, 0) is 9.47 Å². The SMILES string of the molecule is COCCOCCCNc1ncnc2ccccc12. The van der Waals surface area contributed by atoms with Crippen molar-refractivity contribution in [3.63, 3.8) is 0 Å². The predicted octanol–water partition coefficient (Wildman–Crippen LogP) is 2.09. The summed E-state index contributed by atoms with van der Waals surface area (Å²) in [5, 5.41) is 4.36. The minimum Gasteiger partial charge on any atom is -0.382 e. The zero-order valence-corrected chi connectivity index (χ0v) is 11.1. The zero-order chi connectivity index (χ0) is 13.3. The molecule has 1 N–H and O–H groups in total. The highest BCUT2D eigenvalue weighted by Gasteiger charge is 2.01. The molecule has 0 amide bonds. The average molecular weight is 261 g/mol. The fourth-order valence-corrected chi connectivity index (χ4v) is 1.77. The third-order valence-corrected chi connectivity index (χ3v) is 2.73. The van der Waals surface area contributed by atoms with Crippen LogP contribution in [0.4, 0.5) is 5.82 Å². The smallest absolute Gasteiger partial charge is 0.137 e. The number of methoxy groups -OCH3 is 1. The molecular weight excluding hydrogens is 242 g/mol. The molecule has 0 radical (unpaired) electrons. The van der Waals surface area contributed by atoms with Gasteiger partial charge in [0.15, 0.2) is 0 Å². The number of hydrogen-bond donors (Lipinski definition) is 1. The minimum atomic E-state index is 0.643. The van der Waals surface area contributed by atoms with Crippen LogP contribution in [0.3, 0.4) is 0 Å². The zero-order valence-electron chi connectivity index (χ0n) is 11.1. The molecular formula is C14H19N3O2. The molecule has 0 saturated heterocycles. The molecule has 0 unspecified atom stereocenters. The summed E-state index contributed by atoms with van der Waals surface area (Å²) in [6.07, 6.45) is 2.52. The Labute approximate surface area is 113 Å². The highest BCUT2D eigenvalue weighted by molar-refractivity contribution is 5.88. The largest absolute Gasteiger partial charge is 0.382 e. The van der Waals surface area contributed by atoms with Crippen LogP contribution in [0.1, 0.15) is 6.42 Å². The van der Waals surface area contributed by atoms with Crippen molar-refractivity contribution >= 4 is 16.7 Å². The van der Waals surface area contributed by atoms with Crippen molar-refractivity contribution < 1.29 is 9.47 Å². The van der Waals surface area contributed by atoms with Crippen molar-refractivity contribution in [2.45, 2.75) is 6.42 Å². The Bertz CT molecular complexity index is 500. The fraction of sp³-hybridized carbons (Fsp3) is 0.429. The van der Waals surface area contributed by atoms with Gasteiger partial charge in [0.2, 0.25) is 0 Å². The van der Waals surface area contributed by atoms with Crippen molar-refractivity contribution in [1.82, 2.24) is 9.97 Å². The maximum absolute atomic E-state index is 5.40. The Morgan fingerprint density at radius 2 is 2.00 bits per heavy atom. The summed E-state index contributed by atoms with van der Waals surface area (Å²) in [4.78, 5) is 8.50. The predicted molar refractivity (Wildman–Crippen MR) is 75.3 cm³/mol. The van der Waals surface area contributed by atoms with Gasteiger partial charge in [-0.2, -0.15) is 0 Å². The van der Waals surface area contributed by atoms with Crippen LogP contribution in [0.25, 0.3) is 10.9 Å². The van der Waals surface area contributed by atoms with Crippen LogP contribution in [0.2, 0.25) is 0 Å². The summed E-state index contributed by atoms with van der Waals surface area (Å²) in [7, 11) is 1.67. The Morgan fingerprint density at radius 3 is 2.89 bits per heavy atom. The number of ether oxygens (including phenoxy) is 2. The molecule has 0 aliphatic rings. The molecule has 1 aromatic carbocycles. The Balaban J connectivity index is 1.78. The fourth-order valence-electron chi connectivity index (χ4n) is 1.77. The van der Waals surface area contributed by atoms with Gasteiger partial charge < -0.3 is 14.8 Å². The minimum absolute atomic E-state index is 0.643. The topological polar surface area (TPSA) is 56.3 Å². The van der Waals surface area contributed by atoms with E-state index in [4.69, 9.17) is 9.47 Å². The van der Waals surface area contributed by atoms with Gasteiger partial charge in [0, 0.05) is 25.6 Å². The molecule has 0 saturated carbocycles. The molecule has 19 heavy (non-hydrogen) atoms. The summed E-state index contributed by atoms with van der Waals surface area (Å²) in [5.74, 6) is 0.877. The normalized spacial score (nSPS) is 10.8. The van der Waals surface area contributed by atoms with E-state index < -0.39 is 0 Å². The third-order valence-electron chi connectivity index (χ3n) is 2.73. The van der Waals surface area contributed by atoms with Gasteiger partial charge in [-0.25, -0.2) is 9.97 Å². The highest BCUT2D eigenvalue weighted by Crippen LogP contribution is 2.17. The molecule has 0 bridgehead atoms. The van der Waals surface area contributed by atoms with Gasteiger partial charge in [0.05, 0.1) is 18.7 Å². The first-order valence-corrected chi connectivity index (χ1v) is 6.42. The molecule has 0 atom stereocenters. The lowest BCUT2D eigenvalue weighted by Gasteiger charge is -2.08. The van der Waals surface area contributed by atoms with E-state index in [9.17, 15) is 0 Å². The number of anilines is 1. The van der Waals surface area contributed by atoms with E-state index in [0.717, 1.165) is 36.3 Å². The molecule has 0 fully saturated rings. The van der Waals surface area contributed by atoms with E-state index in [1.165, 1.54) is 0 Å². The van der Waals surface area contributed by atoms with Crippen LogP contribution >= 0.6 is 0 Å². The molecule has 0 aliphatic carbocycles. The van der Waals surface area contributed by atoms with Gasteiger partial charge in [-0.15, -0.1) is 0 Å². The van der Waals surface area contributed by atoms with E-state index in [1.807, 2.05) is 24.3 Å². The molecule has 102 valence electrons. The lowest BCUT2D eigenvalue weighted by Crippen LogP contribution is -2.09. The quantitative estimate of drug-likeness (QED) is 0.737. The highest BCUT2D eigenvalue weighted by atomic mass is 16.5. The van der Waals surface area contributed by atoms with E-state index >= 15 is 0 Å². The molecule has 5 nitrogen and oxygen atoms in total. The van der Waals surface area contributed by atoms with Crippen molar-refractivity contribution in [3.8, 4) is 0 Å².